The van der Waals surface area contributed by atoms with Gasteiger partial charge in [0, 0.05) is 5.92 Å². The summed E-state index contributed by atoms with van der Waals surface area (Å²) in [7, 11) is 0. The van der Waals surface area contributed by atoms with E-state index >= 15 is 0 Å². The predicted octanol–water partition coefficient (Wildman–Crippen LogP) is 3.27. The lowest BCUT2D eigenvalue weighted by molar-refractivity contribution is 0.106. The maximum atomic E-state index is 10.0. The van der Waals surface area contributed by atoms with Crippen molar-refractivity contribution in [1.82, 2.24) is 0 Å². The molecule has 2 rings (SSSR count). The predicted molar refractivity (Wildman–Crippen MR) is 63.0 cm³/mol. The summed E-state index contributed by atoms with van der Waals surface area (Å²) in [6, 6.07) is 8.57. The van der Waals surface area contributed by atoms with Crippen molar-refractivity contribution in [2.45, 2.75) is 51.0 Å². The van der Waals surface area contributed by atoms with Crippen molar-refractivity contribution >= 4 is 0 Å². The zero-order valence-electron chi connectivity index (χ0n) is 9.45. The Morgan fingerprint density at radius 2 is 1.93 bits per heavy atom. The molecule has 1 fully saturated rings. The summed E-state index contributed by atoms with van der Waals surface area (Å²) in [5.74, 6) is 0.384. The summed E-state index contributed by atoms with van der Waals surface area (Å²) < 4.78 is 0. The van der Waals surface area contributed by atoms with Gasteiger partial charge in [0.1, 0.15) is 0 Å². The highest BCUT2D eigenvalue weighted by Gasteiger charge is 2.25. The molecule has 0 unspecified atom stereocenters. The second-order valence-corrected chi connectivity index (χ2v) is 4.51. The molecule has 0 spiro atoms. The summed E-state index contributed by atoms with van der Waals surface area (Å²) in [6.07, 6.45) is 5.53. The molecule has 0 aromatic heterocycles. The fourth-order valence-electron chi connectivity index (χ4n) is 2.69. The molecule has 15 heavy (non-hydrogen) atoms. The molecule has 1 heteroatoms. The van der Waals surface area contributed by atoms with Crippen LogP contribution in [0.5, 0.6) is 0 Å². The Hall–Kier alpha value is -0.820. The van der Waals surface area contributed by atoms with Crippen LogP contribution in [0.15, 0.2) is 24.3 Å². The standard InChI is InChI=1S/C14H20O/c1-2-11-7-3-4-8-12(11)13-9-5-6-10-14(13)15/h3-4,7-8,13-15H,2,5-6,9-10H2,1H3/t13-,14+/m1/s1. The Balaban J connectivity index is 2.26. The van der Waals surface area contributed by atoms with Crippen molar-refractivity contribution in [3.05, 3.63) is 35.4 Å². The third-order valence-electron chi connectivity index (χ3n) is 3.56. The first-order chi connectivity index (χ1) is 7.33. The van der Waals surface area contributed by atoms with Gasteiger partial charge in [-0.25, -0.2) is 0 Å². The second kappa shape index (κ2) is 4.80. The molecule has 1 nitrogen and oxygen atoms in total. The third-order valence-corrected chi connectivity index (χ3v) is 3.56. The van der Waals surface area contributed by atoms with E-state index in [-0.39, 0.29) is 6.10 Å². The molecule has 0 saturated heterocycles. The van der Waals surface area contributed by atoms with Crippen molar-refractivity contribution in [2.75, 3.05) is 0 Å². The molecule has 1 aliphatic rings. The quantitative estimate of drug-likeness (QED) is 0.784. The highest BCUT2D eigenvalue weighted by Crippen LogP contribution is 2.34. The zero-order chi connectivity index (χ0) is 10.7. The minimum atomic E-state index is -0.119. The molecule has 1 saturated carbocycles. The van der Waals surface area contributed by atoms with Crippen molar-refractivity contribution < 1.29 is 5.11 Å². The van der Waals surface area contributed by atoms with Gasteiger partial charge in [0.2, 0.25) is 0 Å². The molecular weight excluding hydrogens is 184 g/mol. The second-order valence-electron chi connectivity index (χ2n) is 4.51. The van der Waals surface area contributed by atoms with Crippen LogP contribution < -0.4 is 0 Å². The largest absolute Gasteiger partial charge is 0.392 e. The first-order valence-electron chi connectivity index (χ1n) is 6.08. The fourth-order valence-corrected chi connectivity index (χ4v) is 2.69. The van der Waals surface area contributed by atoms with Gasteiger partial charge in [-0.15, -0.1) is 0 Å². The van der Waals surface area contributed by atoms with Gasteiger partial charge in [-0.2, -0.15) is 0 Å². The molecule has 82 valence electrons. The van der Waals surface area contributed by atoms with E-state index in [4.69, 9.17) is 0 Å². The molecular formula is C14H20O. The van der Waals surface area contributed by atoms with Crippen LogP contribution in [0, 0.1) is 0 Å². The summed E-state index contributed by atoms with van der Waals surface area (Å²) >= 11 is 0. The van der Waals surface area contributed by atoms with Crippen LogP contribution in [0.3, 0.4) is 0 Å². The van der Waals surface area contributed by atoms with Gasteiger partial charge >= 0.3 is 0 Å². The number of benzene rings is 1. The minimum Gasteiger partial charge on any atom is -0.392 e. The van der Waals surface area contributed by atoms with Gasteiger partial charge in [0.05, 0.1) is 6.10 Å². The smallest absolute Gasteiger partial charge is 0.0608 e. The number of aryl methyl sites for hydroxylation is 1. The molecule has 0 radical (unpaired) electrons. The molecule has 1 aromatic carbocycles. The summed E-state index contributed by atoms with van der Waals surface area (Å²) in [6.45, 7) is 2.19. The Morgan fingerprint density at radius 3 is 2.67 bits per heavy atom. The van der Waals surface area contributed by atoms with Gasteiger partial charge in [-0.1, -0.05) is 44.0 Å². The van der Waals surface area contributed by atoms with E-state index in [1.807, 2.05) is 0 Å². The maximum Gasteiger partial charge on any atom is 0.0608 e. The van der Waals surface area contributed by atoms with Crippen LogP contribution in [0.1, 0.15) is 49.7 Å². The van der Waals surface area contributed by atoms with E-state index in [9.17, 15) is 5.11 Å². The van der Waals surface area contributed by atoms with Crippen molar-refractivity contribution in [1.29, 1.82) is 0 Å². The van der Waals surface area contributed by atoms with E-state index in [2.05, 4.69) is 31.2 Å². The highest BCUT2D eigenvalue weighted by atomic mass is 16.3. The minimum absolute atomic E-state index is 0.119. The number of hydrogen-bond donors (Lipinski definition) is 1. The third kappa shape index (κ3) is 2.23. The topological polar surface area (TPSA) is 20.2 Å². The fraction of sp³-hybridized carbons (Fsp3) is 0.571. The lowest BCUT2D eigenvalue weighted by atomic mass is 9.79. The summed E-state index contributed by atoms with van der Waals surface area (Å²) in [5, 5.41) is 10.0. The van der Waals surface area contributed by atoms with Crippen LogP contribution >= 0.6 is 0 Å². The average molecular weight is 204 g/mol. The average Bonchev–Trinajstić information content (AvgIpc) is 2.30. The van der Waals surface area contributed by atoms with Crippen molar-refractivity contribution in [2.24, 2.45) is 0 Å². The Morgan fingerprint density at radius 1 is 1.20 bits per heavy atom. The van der Waals surface area contributed by atoms with E-state index in [1.54, 1.807) is 0 Å². The number of aliphatic hydroxyl groups is 1. The molecule has 0 heterocycles. The van der Waals surface area contributed by atoms with Crippen LogP contribution in [0.25, 0.3) is 0 Å². The Kier molecular flexibility index (Phi) is 3.42. The van der Waals surface area contributed by atoms with Crippen LogP contribution in [-0.4, -0.2) is 11.2 Å². The van der Waals surface area contributed by atoms with Crippen LogP contribution in [-0.2, 0) is 6.42 Å². The number of rotatable bonds is 2. The summed E-state index contributed by atoms with van der Waals surface area (Å²) in [5.41, 5.74) is 2.79. The Labute approximate surface area is 92.1 Å². The van der Waals surface area contributed by atoms with E-state index in [0.29, 0.717) is 5.92 Å². The monoisotopic (exact) mass is 204 g/mol. The molecule has 2 atom stereocenters. The first-order valence-corrected chi connectivity index (χ1v) is 6.08. The molecule has 0 amide bonds. The van der Waals surface area contributed by atoms with Crippen LogP contribution in [0.4, 0.5) is 0 Å². The highest BCUT2D eigenvalue weighted by molar-refractivity contribution is 5.31. The van der Waals surface area contributed by atoms with Gasteiger partial charge in [-0.05, 0) is 30.4 Å². The van der Waals surface area contributed by atoms with Crippen molar-refractivity contribution in [3.8, 4) is 0 Å². The van der Waals surface area contributed by atoms with Crippen molar-refractivity contribution in [3.63, 3.8) is 0 Å². The molecule has 1 aliphatic carbocycles. The number of aliphatic hydroxyl groups excluding tert-OH is 1. The van der Waals surface area contributed by atoms with Crippen LogP contribution in [0.2, 0.25) is 0 Å². The van der Waals surface area contributed by atoms with E-state index in [0.717, 1.165) is 19.3 Å². The zero-order valence-corrected chi connectivity index (χ0v) is 9.45. The number of hydrogen-bond acceptors (Lipinski definition) is 1. The molecule has 1 N–H and O–H groups in total. The molecule has 1 aromatic rings. The van der Waals surface area contributed by atoms with Gasteiger partial charge in [0.25, 0.3) is 0 Å². The molecule has 0 bridgehead atoms. The normalized spacial score (nSPS) is 26.5. The lowest BCUT2D eigenvalue weighted by Gasteiger charge is -2.29. The Bertz CT molecular complexity index is 319. The van der Waals surface area contributed by atoms with E-state index in [1.165, 1.54) is 24.0 Å². The van der Waals surface area contributed by atoms with Gasteiger partial charge < -0.3 is 5.11 Å². The first kappa shape index (κ1) is 10.7. The van der Waals surface area contributed by atoms with Gasteiger partial charge in [0.15, 0.2) is 0 Å². The SMILES string of the molecule is CCc1ccccc1[C@H]1CCCC[C@@H]1O. The maximum absolute atomic E-state index is 10.0. The summed E-state index contributed by atoms with van der Waals surface area (Å²) in [4.78, 5) is 0. The van der Waals surface area contributed by atoms with Gasteiger partial charge in [-0.3, -0.25) is 0 Å². The lowest BCUT2D eigenvalue weighted by Crippen LogP contribution is -2.23. The molecule has 0 aliphatic heterocycles. The van der Waals surface area contributed by atoms with E-state index < -0.39 is 0 Å².